The van der Waals surface area contributed by atoms with Gasteiger partial charge in [0.05, 0.1) is 5.69 Å². The fourth-order valence-corrected chi connectivity index (χ4v) is 1.32. The van der Waals surface area contributed by atoms with E-state index in [1.807, 2.05) is 18.2 Å². The second-order valence-corrected chi connectivity index (χ2v) is 3.62. The largest absolute Gasteiger partial charge is 0.349 e. The van der Waals surface area contributed by atoms with Crippen molar-refractivity contribution in [1.82, 2.24) is 10.2 Å². The van der Waals surface area contributed by atoms with Crippen molar-refractivity contribution in [2.75, 3.05) is 11.4 Å². The van der Waals surface area contributed by atoms with Gasteiger partial charge in [-0.1, -0.05) is 6.08 Å². The van der Waals surface area contributed by atoms with Crippen LogP contribution < -0.4 is 10.6 Å². The molecule has 0 saturated carbocycles. The Morgan fingerprint density at radius 1 is 1.47 bits per heavy atom. The third-order valence-corrected chi connectivity index (χ3v) is 2.16. The van der Waals surface area contributed by atoms with Crippen LogP contribution in [0.2, 0.25) is 0 Å². The predicted molar refractivity (Wildman–Crippen MR) is 62.6 cm³/mol. The SMILES string of the molecule is C=CCN(c1ccc(CN)nn1)C(C)C. The Labute approximate surface area is 90.8 Å². The van der Waals surface area contributed by atoms with Crippen LogP contribution in [0.15, 0.2) is 24.8 Å². The number of anilines is 1. The Balaban J connectivity index is 2.86. The lowest BCUT2D eigenvalue weighted by atomic mass is 10.3. The summed E-state index contributed by atoms with van der Waals surface area (Å²) in [7, 11) is 0. The standard InChI is InChI=1S/C11H18N4/c1-4-7-15(9(2)3)11-6-5-10(8-12)13-14-11/h4-6,9H,1,7-8,12H2,2-3H3. The number of rotatable bonds is 5. The lowest BCUT2D eigenvalue weighted by molar-refractivity contribution is 0.701. The van der Waals surface area contributed by atoms with Gasteiger partial charge in [-0.05, 0) is 26.0 Å². The van der Waals surface area contributed by atoms with Gasteiger partial charge in [0, 0.05) is 19.1 Å². The predicted octanol–water partition coefficient (Wildman–Crippen LogP) is 1.34. The summed E-state index contributed by atoms with van der Waals surface area (Å²) in [5.41, 5.74) is 6.27. The maximum absolute atomic E-state index is 5.46. The first-order valence-electron chi connectivity index (χ1n) is 5.09. The molecule has 0 unspecified atom stereocenters. The van der Waals surface area contributed by atoms with Crippen LogP contribution in [-0.2, 0) is 6.54 Å². The Kier molecular flexibility index (Phi) is 4.24. The third kappa shape index (κ3) is 3.02. The summed E-state index contributed by atoms with van der Waals surface area (Å²) in [6.45, 7) is 9.16. The molecule has 1 heterocycles. The van der Waals surface area contributed by atoms with Gasteiger partial charge < -0.3 is 10.6 Å². The van der Waals surface area contributed by atoms with Gasteiger partial charge in [-0.15, -0.1) is 11.7 Å². The highest BCUT2D eigenvalue weighted by Gasteiger charge is 2.10. The first-order chi connectivity index (χ1) is 7.19. The minimum Gasteiger partial charge on any atom is -0.349 e. The van der Waals surface area contributed by atoms with Crippen LogP contribution >= 0.6 is 0 Å². The van der Waals surface area contributed by atoms with Crippen molar-refractivity contribution in [2.45, 2.75) is 26.4 Å². The molecule has 0 aliphatic carbocycles. The van der Waals surface area contributed by atoms with Crippen LogP contribution in [0.4, 0.5) is 5.82 Å². The van der Waals surface area contributed by atoms with Crippen molar-refractivity contribution in [1.29, 1.82) is 0 Å². The van der Waals surface area contributed by atoms with E-state index in [9.17, 15) is 0 Å². The molecule has 0 amide bonds. The third-order valence-electron chi connectivity index (χ3n) is 2.16. The van der Waals surface area contributed by atoms with Gasteiger partial charge in [0.1, 0.15) is 0 Å². The zero-order valence-electron chi connectivity index (χ0n) is 9.35. The fourth-order valence-electron chi connectivity index (χ4n) is 1.32. The second-order valence-electron chi connectivity index (χ2n) is 3.62. The number of hydrogen-bond donors (Lipinski definition) is 1. The van der Waals surface area contributed by atoms with Crippen molar-refractivity contribution < 1.29 is 0 Å². The van der Waals surface area contributed by atoms with Gasteiger partial charge in [0.15, 0.2) is 5.82 Å². The molecule has 0 aliphatic heterocycles. The first kappa shape index (κ1) is 11.7. The molecule has 0 fully saturated rings. The van der Waals surface area contributed by atoms with Crippen LogP contribution in [0, 0.1) is 0 Å². The van der Waals surface area contributed by atoms with Crippen molar-refractivity contribution in [2.24, 2.45) is 5.73 Å². The monoisotopic (exact) mass is 206 g/mol. The summed E-state index contributed by atoms with van der Waals surface area (Å²) < 4.78 is 0. The van der Waals surface area contributed by atoms with E-state index in [1.54, 1.807) is 0 Å². The molecule has 4 nitrogen and oxygen atoms in total. The van der Waals surface area contributed by atoms with Gasteiger partial charge in [-0.3, -0.25) is 0 Å². The zero-order valence-corrected chi connectivity index (χ0v) is 9.35. The molecular formula is C11H18N4. The molecule has 1 aromatic heterocycles. The van der Waals surface area contributed by atoms with E-state index in [2.05, 4.69) is 35.5 Å². The highest BCUT2D eigenvalue weighted by molar-refractivity contribution is 5.39. The number of hydrogen-bond acceptors (Lipinski definition) is 4. The van der Waals surface area contributed by atoms with Crippen LogP contribution in [0.25, 0.3) is 0 Å². The Hall–Kier alpha value is -1.42. The molecule has 0 aromatic carbocycles. The minimum absolute atomic E-state index is 0.376. The summed E-state index contributed by atoms with van der Waals surface area (Å²) in [5.74, 6) is 0.863. The Bertz CT molecular complexity index is 305. The van der Waals surface area contributed by atoms with E-state index in [-0.39, 0.29) is 0 Å². The molecule has 0 saturated heterocycles. The van der Waals surface area contributed by atoms with E-state index < -0.39 is 0 Å². The van der Waals surface area contributed by atoms with Gasteiger partial charge in [-0.2, -0.15) is 5.10 Å². The number of nitrogens with two attached hydrogens (primary N) is 1. The van der Waals surface area contributed by atoms with Gasteiger partial charge in [-0.25, -0.2) is 0 Å². The van der Waals surface area contributed by atoms with Gasteiger partial charge in [0.2, 0.25) is 0 Å². The fraction of sp³-hybridized carbons (Fsp3) is 0.455. The molecule has 82 valence electrons. The highest BCUT2D eigenvalue weighted by atomic mass is 15.3. The summed E-state index contributed by atoms with van der Waals surface area (Å²) in [5, 5.41) is 8.17. The molecule has 1 rings (SSSR count). The molecule has 0 atom stereocenters. The van der Waals surface area contributed by atoms with Crippen LogP contribution in [0.5, 0.6) is 0 Å². The van der Waals surface area contributed by atoms with Crippen molar-refractivity contribution >= 4 is 5.82 Å². The molecule has 1 aromatic rings. The van der Waals surface area contributed by atoms with Gasteiger partial charge >= 0.3 is 0 Å². The molecule has 4 heteroatoms. The Morgan fingerprint density at radius 2 is 2.20 bits per heavy atom. The number of nitrogens with zero attached hydrogens (tertiary/aromatic N) is 3. The maximum atomic E-state index is 5.46. The topological polar surface area (TPSA) is 55.0 Å². The lowest BCUT2D eigenvalue weighted by Crippen LogP contribution is -2.31. The summed E-state index contributed by atoms with van der Waals surface area (Å²) >= 11 is 0. The molecule has 0 spiro atoms. The van der Waals surface area contributed by atoms with Crippen molar-refractivity contribution in [3.63, 3.8) is 0 Å². The first-order valence-corrected chi connectivity index (χ1v) is 5.09. The molecule has 0 bridgehead atoms. The number of aromatic nitrogens is 2. The van der Waals surface area contributed by atoms with E-state index in [1.165, 1.54) is 0 Å². The Morgan fingerprint density at radius 3 is 2.60 bits per heavy atom. The van der Waals surface area contributed by atoms with E-state index in [0.29, 0.717) is 12.6 Å². The van der Waals surface area contributed by atoms with Crippen molar-refractivity contribution in [3.8, 4) is 0 Å². The summed E-state index contributed by atoms with van der Waals surface area (Å²) in [6, 6.07) is 4.22. The summed E-state index contributed by atoms with van der Waals surface area (Å²) in [4.78, 5) is 2.13. The van der Waals surface area contributed by atoms with Crippen LogP contribution in [0.3, 0.4) is 0 Å². The molecule has 0 radical (unpaired) electrons. The van der Waals surface area contributed by atoms with Crippen LogP contribution in [-0.4, -0.2) is 22.8 Å². The smallest absolute Gasteiger partial charge is 0.151 e. The average Bonchev–Trinajstić information content (AvgIpc) is 2.26. The van der Waals surface area contributed by atoms with E-state index >= 15 is 0 Å². The highest BCUT2D eigenvalue weighted by Crippen LogP contribution is 2.12. The van der Waals surface area contributed by atoms with Crippen LogP contribution in [0.1, 0.15) is 19.5 Å². The summed E-state index contributed by atoms with van der Waals surface area (Å²) in [6.07, 6.45) is 1.86. The van der Waals surface area contributed by atoms with E-state index in [4.69, 9.17) is 5.73 Å². The quantitative estimate of drug-likeness (QED) is 0.739. The minimum atomic E-state index is 0.376. The maximum Gasteiger partial charge on any atom is 0.151 e. The average molecular weight is 206 g/mol. The molecule has 15 heavy (non-hydrogen) atoms. The zero-order chi connectivity index (χ0) is 11.3. The second kappa shape index (κ2) is 5.46. The molecule has 2 N–H and O–H groups in total. The van der Waals surface area contributed by atoms with E-state index in [0.717, 1.165) is 18.1 Å². The molecule has 0 aliphatic rings. The van der Waals surface area contributed by atoms with Gasteiger partial charge in [0.25, 0.3) is 0 Å². The normalized spacial score (nSPS) is 10.4. The lowest BCUT2D eigenvalue weighted by Gasteiger charge is -2.25. The molecular weight excluding hydrogens is 188 g/mol. The van der Waals surface area contributed by atoms with Crippen molar-refractivity contribution in [3.05, 3.63) is 30.5 Å².